The SMILES string of the molecule is CCCN(CCCCO)c1ccc(/C=C/c2ccc(/C=C/C3=C(C#N)C(=C(C#N)C#N)OC3(C)c3ccccc3)s2)c(OCc2ccccc2)c1. The summed E-state index contributed by atoms with van der Waals surface area (Å²) in [6, 6.07) is 35.9. The summed E-state index contributed by atoms with van der Waals surface area (Å²) in [6.45, 7) is 6.45. The average molecular weight is 693 g/mol. The third kappa shape index (κ3) is 8.85. The van der Waals surface area contributed by atoms with Crippen LogP contribution in [0.25, 0.3) is 18.2 Å². The summed E-state index contributed by atoms with van der Waals surface area (Å²) < 4.78 is 12.7. The number of nitrogens with zero attached hydrogens (tertiary/aromatic N) is 4. The molecule has 4 aromatic rings. The van der Waals surface area contributed by atoms with Gasteiger partial charge < -0.3 is 19.5 Å². The molecular weight excluding hydrogens is 653 g/mol. The van der Waals surface area contributed by atoms with Gasteiger partial charge in [0.15, 0.2) is 16.9 Å². The van der Waals surface area contributed by atoms with E-state index in [0.717, 1.165) is 70.2 Å². The predicted octanol–water partition coefficient (Wildman–Crippen LogP) is 9.57. The standard InChI is InChI=1S/C43H40N4O3S/c1-3-24-47(25-10-11-26-48)36-18-16-33(41(27-36)49-31-32-12-6-4-7-13-32)17-19-37-20-21-38(51-37)22-23-40-39(30-46)42(34(28-44)29-45)50-43(40,2)35-14-8-5-9-15-35/h4-9,12-23,27,48H,3,10-11,24-26,31H2,1-2H3/b19-17+,23-22+. The Bertz CT molecular complexity index is 2040. The number of rotatable bonds is 15. The van der Waals surface area contributed by atoms with Crippen molar-refractivity contribution < 1.29 is 14.6 Å². The quantitative estimate of drug-likeness (QED) is 0.0975. The molecule has 0 fully saturated rings. The van der Waals surface area contributed by atoms with Gasteiger partial charge in [-0.1, -0.05) is 73.7 Å². The van der Waals surface area contributed by atoms with E-state index < -0.39 is 5.60 Å². The van der Waals surface area contributed by atoms with E-state index in [0.29, 0.717) is 12.2 Å². The molecule has 51 heavy (non-hydrogen) atoms. The zero-order valence-electron chi connectivity index (χ0n) is 28.9. The summed E-state index contributed by atoms with van der Waals surface area (Å²) in [4.78, 5) is 4.34. The van der Waals surface area contributed by atoms with Crippen molar-refractivity contribution in [3.05, 3.63) is 146 Å². The largest absolute Gasteiger partial charge is 0.488 e. The van der Waals surface area contributed by atoms with Gasteiger partial charge in [-0.15, -0.1) is 11.3 Å². The van der Waals surface area contributed by atoms with Crippen LogP contribution in [-0.4, -0.2) is 24.8 Å². The fourth-order valence-electron chi connectivity index (χ4n) is 5.95. The second-order valence-corrected chi connectivity index (χ2v) is 13.3. The van der Waals surface area contributed by atoms with Crippen molar-refractivity contribution in [3.63, 3.8) is 0 Å². The molecule has 2 heterocycles. The highest BCUT2D eigenvalue weighted by molar-refractivity contribution is 7.13. The van der Waals surface area contributed by atoms with Gasteiger partial charge in [0.2, 0.25) is 0 Å². The van der Waals surface area contributed by atoms with E-state index in [4.69, 9.17) is 9.47 Å². The van der Waals surface area contributed by atoms with E-state index in [-0.39, 0.29) is 23.5 Å². The number of unbranched alkanes of at least 4 members (excludes halogenated alkanes) is 1. The number of ether oxygens (including phenoxy) is 2. The van der Waals surface area contributed by atoms with Crippen LogP contribution in [0.15, 0.2) is 120 Å². The first-order valence-corrected chi connectivity index (χ1v) is 17.8. The molecule has 0 saturated heterocycles. The number of benzene rings is 3. The average Bonchev–Trinajstić information content (AvgIpc) is 3.75. The number of allylic oxidation sites excluding steroid dienone is 2. The lowest BCUT2D eigenvalue weighted by molar-refractivity contribution is 0.0755. The van der Waals surface area contributed by atoms with Crippen LogP contribution in [0, 0.1) is 34.0 Å². The number of aliphatic hydroxyl groups excluding tert-OH is 1. The normalized spacial score (nSPS) is 15.4. The van der Waals surface area contributed by atoms with Gasteiger partial charge in [-0.2, -0.15) is 15.8 Å². The Morgan fingerprint density at radius 3 is 2.20 bits per heavy atom. The summed E-state index contributed by atoms with van der Waals surface area (Å²) in [5.41, 5.74) is 3.40. The first-order valence-electron chi connectivity index (χ1n) is 17.0. The molecule has 0 bridgehead atoms. The van der Waals surface area contributed by atoms with Gasteiger partial charge in [-0.05, 0) is 79.8 Å². The van der Waals surface area contributed by atoms with Crippen LogP contribution in [0.1, 0.15) is 59.6 Å². The minimum Gasteiger partial charge on any atom is -0.488 e. The lowest BCUT2D eigenvalue weighted by Gasteiger charge is -2.27. The van der Waals surface area contributed by atoms with Gasteiger partial charge in [0, 0.05) is 52.3 Å². The van der Waals surface area contributed by atoms with Crippen molar-refractivity contribution >= 4 is 35.3 Å². The second-order valence-electron chi connectivity index (χ2n) is 12.2. The maximum absolute atomic E-state index is 10.2. The van der Waals surface area contributed by atoms with Crippen molar-refractivity contribution in [1.82, 2.24) is 0 Å². The molecule has 0 aliphatic carbocycles. The summed E-state index contributed by atoms with van der Waals surface area (Å²) >= 11 is 1.59. The molecule has 8 heteroatoms. The molecule has 5 rings (SSSR count). The van der Waals surface area contributed by atoms with Gasteiger partial charge in [-0.25, -0.2) is 0 Å². The highest BCUT2D eigenvalue weighted by Crippen LogP contribution is 2.47. The zero-order chi connectivity index (χ0) is 36.1. The Hall–Kier alpha value is -5.85. The van der Waals surface area contributed by atoms with E-state index in [2.05, 4.69) is 60.4 Å². The molecule has 1 atom stereocenters. The third-order valence-corrected chi connectivity index (χ3v) is 9.64. The lowest BCUT2D eigenvalue weighted by Crippen LogP contribution is -2.25. The van der Waals surface area contributed by atoms with Crippen LogP contribution in [0.3, 0.4) is 0 Å². The summed E-state index contributed by atoms with van der Waals surface area (Å²) in [7, 11) is 0. The van der Waals surface area contributed by atoms with Gasteiger partial charge in [0.05, 0.1) is 0 Å². The number of thiophene rings is 1. The first-order chi connectivity index (χ1) is 24.9. The number of hydrogen-bond acceptors (Lipinski definition) is 8. The minimum atomic E-state index is -1.06. The molecule has 0 spiro atoms. The molecule has 1 aliphatic rings. The highest BCUT2D eigenvalue weighted by Gasteiger charge is 2.43. The summed E-state index contributed by atoms with van der Waals surface area (Å²) in [6.07, 6.45) is 10.6. The van der Waals surface area contributed by atoms with Gasteiger partial charge in [0.25, 0.3) is 0 Å². The van der Waals surface area contributed by atoms with E-state index in [1.807, 2.05) is 91.9 Å². The van der Waals surface area contributed by atoms with E-state index >= 15 is 0 Å². The topological polar surface area (TPSA) is 113 Å². The van der Waals surface area contributed by atoms with Crippen molar-refractivity contribution in [2.45, 2.75) is 45.3 Å². The number of aliphatic hydroxyl groups is 1. The van der Waals surface area contributed by atoms with Crippen molar-refractivity contribution in [2.24, 2.45) is 0 Å². The molecule has 0 radical (unpaired) electrons. The van der Waals surface area contributed by atoms with Crippen LogP contribution in [-0.2, 0) is 16.9 Å². The Morgan fingerprint density at radius 2 is 1.55 bits per heavy atom. The van der Waals surface area contributed by atoms with Crippen LogP contribution in [0.5, 0.6) is 5.75 Å². The molecular formula is C43H40N4O3S. The van der Waals surface area contributed by atoms with E-state index in [1.165, 1.54) is 0 Å². The Labute approximate surface area is 304 Å². The zero-order valence-corrected chi connectivity index (χ0v) is 29.7. The Morgan fingerprint density at radius 1 is 0.863 bits per heavy atom. The number of nitriles is 3. The predicted molar refractivity (Wildman–Crippen MR) is 204 cm³/mol. The van der Waals surface area contributed by atoms with Crippen molar-refractivity contribution in [2.75, 3.05) is 24.6 Å². The van der Waals surface area contributed by atoms with Gasteiger partial charge in [0.1, 0.15) is 36.1 Å². The number of hydrogen-bond donors (Lipinski definition) is 1. The van der Waals surface area contributed by atoms with E-state index in [9.17, 15) is 20.9 Å². The minimum absolute atomic E-state index is 0.00239. The smallest absolute Gasteiger partial charge is 0.172 e. The maximum Gasteiger partial charge on any atom is 0.172 e. The lowest BCUT2D eigenvalue weighted by atomic mass is 9.86. The summed E-state index contributed by atoms with van der Waals surface area (Å²) in [5.74, 6) is 0.797. The fraction of sp³-hybridized carbons (Fsp3) is 0.233. The molecule has 7 nitrogen and oxygen atoms in total. The van der Waals surface area contributed by atoms with Crippen molar-refractivity contribution in [1.29, 1.82) is 15.8 Å². The summed E-state index contributed by atoms with van der Waals surface area (Å²) in [5, 5.41) is 38.6. The fourth-order valence-corrected chi connectivity index (χ4v) is 6.77. The Balaban J connectivity index is 1.43. The third-order valence-electron chi connectivity index (χ3n) is 8.62. The molecule has 1 aromatic heterocycles. The molecule has 256 valence electrons. The van der Waals surface area contributed by atoms with Gasteiger partial charge in [-0.3, -0.25) is 0 Å². The highest BCUT2D eigenvalue weighted by atomic mass is 32.1. The Kier molecular flexibility index (Phi) is 12.6. The maximum atomic E-state index is 10.2. The number of anilines is 1. The molecule has 0 amide bonds. The molecule has 3 aromatic carbocycles. The van der Waals surface area contributed by atoms with Gasteiger partial charge >= 0.3 is 0 Å². The second kappa shape index (κ2) is 17.7. The molecule has 1 N–H and O–H groups in total. The van der Waals surface area contributed by atoms with Crippen LogP contribution in [0.2, 0.25) is 0 Å². The van der Waals surface area contributed by atoms with Crippen LogP contribution < -0.4 is 9.64 Å². The molecule has 0 saturated carbocycles. The molecule has 1 aliphatic heterocycles. The van der Waals surface area contributed by atoms with Crippen LogP contribution >= 0.6 is 11.3 Å². The van der Waals surface area contributed by atoms with Crippen molar-refractivity contribution in [3.8, 4) is 24.0 Å². The monoisotopic (exact) mass is 692 g/mol. The molecule has 1 unspecified atom stereocenters. The first kappa shape index (κ1) is 36.4. The van der Waals surface area contributed by atoms with Crippen LogP contribution in [0.4, 0.5) is 5.69 Å². The van der Waals surface area contributed by atoms with E-state index in [1.54, 1.807) is 11.3 Å².